The first kappa shape index (κ1) is 19.9. The average Bonchev–Trinajstić information content (AvgIpc) is 2.45. The normalized spacial score (nSPS) is 12.7. The fraction of sp³-hybridized carbons (Fsp3) is 0.833. The van der Waals surface area contributed by atoms with E-state index >= 15 is 0 Å². The highest BCUT2D eigenvalue weighted by Gasteiger charge is 2.59. The fourth-order valence-electron chi connectivity index (χ4n) is 1.86. The Bertz CT molecular complexity index is 249. The van der Waals surface area contributed by atoms with Crippen LogP contribution in [0, 0.1) is 0 Å². The summed E-state index contributed by atoms with van der Waals surface area (Å²) in [7, 11) is -3.12. The highest BCUT2D eigenvalue weighted by Crippen LogP contribution is 2.29. The molecule has 0 atom stereocenters. The first-order chi connectivity index (χ1) is 9.52. The molecule has 0 aromatic heterocycles. The van der Waals surface area contributed by atoms with E-state index in [1.54, 1.807) is 14.2 Å². The number of rotatable bonds is 12. The molecule has 0 saturated carbocycles. The van der Waals surface area contributed by atoms with Gasteiger partial charge in [-0.05, 0) is 27.7 Å². The van der Waals surface area contributed by atoms with Crippen LogP contribution in [0.1, 0.15) is 27.7 Å². The molecule has 0 rings (SSSR count). The van der Waals surface area contributed by atoms with E-state index in [4.69, 9.17) is 26.6 Å². The SMILES string of the molecule is C=C([Si](OC)(OCC)OCC)[Si](OC)(OCC)OCC. The van der Waals surface area contributed by atoms with Gasteiger partial charge >= 0.3 is 17.6 Å². The molecule has 0 unspecified atom stereocenters. The van der Waals surface area contributed by atoms with Crippen LogP contribution in [-0.4, -0.2) is 58.3 Å². The van der Waals surface area contributed by atoms with Crippen molar-refractivity contribution >= 4 is 17.6 Å². The summed E-state index contributed by atoms with van der Waals surface area (Å²) in [5.74, 6) is 0. The molecule has 8 heteroatoms. The van der Waals surface area contributed by atoms with Gasteiger partial charge in [-0.1, -0.05) is 6.58 Å². The maximum atomic E-state index is 5.77. The van der Waals surface area contributed by atoms with E-state index in [9.17, 15) is 0 Å². The van der Waals surface area contributed by atoms with Crippen molar-refractivity contribution in [2.75, 3.05) is 40.6 Å². The molecule has 0 aromatic carbocycles. The van der Waals surface area contributed by atoms with Crippen LogP contribution in [0.15, 0.2) is 11.4 Å². The van der Waals surface area contributed by atoms with Crippen LogP contribution in [0.5, 0.6) is 0 Å². The molecule has 0 amide bonds. The lowest BCUT2D eigenvalue weighted by Gasteiger charge is -2.36. The van der Waals surface area contributed by atoms with Gasteiger partial charge in [0.2, 0.25) is 0 Å². The van der Waals surface area contributed by atoms with Gasteiger partial charge in [-0.3, -0.25) is 0 Å². The molecular weight excluding hydrogens is 296 g/mol. The minimum atomic E-state index is -3.11. The number of hydrogen-bond donors (Lipinski definition) is 0. The summed E-state index contributed by atoms with van der Waals surface area (Å²) >= 11 is 0. The van der Waals surface area contributed by atoms with Gasteiger partial charge in [-0.15, -0.1) is 0 Å². The van der Waals surface area contributed by atoms with E-state index in [1.165, 1.54) is 0 Å². The first-order valence-electron chi connectivity index (χ1n) is 6.88. The molecule has 0 aliphatic heterocycles. The van der Waals surface area contributed by atoms with E-state index < -0.39 is 17.6 Å². The molecule has 120 valence electrons. The van der Waals surface area contributed by atoms with Crippen LogP contribution in [0.2, 0.25) is 0 Å². The lowest BCUT2D eigenvalue weighted by atomic mass is 10.9. The Morgan fingerprint density at radius 1 is 0.700 bits per heavy atom. The number of hydrogen-bond acceptors (Lipinski definition) is 6. The van der Waals surface area contributed by atoms with Crippen LogP contribution in [0.3, 0.4) is 0 Å². The Balaban J connectivity index is 5.53. The second-order valence-electron chi connectivity index (χ2n) is 3.73. The Morgan fingerprint density at radius 2 is 0.950 bits per heavy atom. The van der Waals surface area contributed by atoms with E-state index in [1.807, 2.05) is 27.7 Å². The molecular formula is C12H28O6Si2. The molecule has 0 aliphatic rings. The lowest BCUT2D eigenvalue weighted by Crippen LogP contribution is -2.60. The Kier molecular flexibility index (Phi) is 9.76. The summed E-state index contributed by atoms with van der Waals surface area (Å²) in [6.07, 6.45) is 0. The molecule has 6 nitrogen and oxygen atoms in total. The Morgan fingerprint density at radius 3 is 1.10 bits per heavy atom. The van der Waals surface area contributed by atoms with Crippen molar-refractivity contribution in [1.82, 2.24) is 0 Å². The van der Waals surface area contributed by atoms with E-state index in [0.717, 1.165) is 0 Å². The molecule has 0 saturated heterocycles. The maximum absolute atomic E-state index is 5.77. The summed E-state index contributed by atoms with van der Waals surface area (Å²) in [5.41, 5.74) is 0. The van der Waals surface area contributed by atoms with Crippen LogP contribution >= 0.6 is 0 Å². The van der Waals surface area contributed by atoms with Crippen LogP contribution < -0.4 is 0 Å². The fourth-order valence-corrected chi connectivity index (χ4v) is 8.19. The quantitative estimate of drug-likeness (QED) is 0.511. The van der Waals surface area contributed by atoms with Crippen molar-refractivity contribution in [2.45, 2.75) is 27.7 Å². The highest BCUT2D eigenvalue weighted by atomic mass is 28.5. The summed E-state index contributed by atoms with van der Waals surface area (Å²) in [5, 5.41) is 0. The molecule has 0 aliphatic carbocycles. The summed E-state index contributed by atoms with van der Waals surface area (Å²) in [6.45, 7) is 13.4. The van der Waals surface area contributed by atoms with Crippen molar-refractivity contribution in [3.8, 4) is 0 Å². The van der Waals surface area contributed by atoms with Gasteiger partial charge in [0.25, 0.3) is 0 Å². The predicted molar refractivity (Wildman–Crippen MR) is 81.2 cm³/mol. The van der Waals surface area contributed by atoms with Crippen molar-refractivity contribution in [2.24, 2.45) is 0 Å². The topological polar surface area (TPSA) is 55.4 Å². The van der Waals surface area contributed by atoms with Crippen molar-refractivity contribution in [3.63, 3.8) is 0 Å². The van der Waals surface area contributed by atoms with Crippen molar-refractivity contribution in [3.05, 3.63) is 11.4 Å². The zero-order valence-corrected chi connectivity index (χ0v) is 15.5. The second kappa shape index (κ2) is 9.79. The van der Waals surface area contributed by atoms with Crippen LogP contribution in [-0.2, 0) is 26.6 Å². The minimum Gasteiger partial charge on any atom is -0.374 e. The second-order valence-corrected chi connectivity index (χ2v) is 9.63. The zero-order valence-electron chi connectivity index (χ0n) is 13.5. The third kappa shape index (κ3) is 4.47. The van der Waals surface area contributed by atoms with Gasteiger partial charge in [0.15, 0.2) is 0 Å². The van der Waals surface area contributed by atoms with E-state index in [-0.39, 0.29) is 0 Å². The minimum absolute atomic E-state index is 0.450. The van der Waals surface area contributed by atoms with Gasteiger partial charge in [-0.2, -0.15) is 0 Å². The Labute approximate surface area is 124 Å². The third-order valence-electron chi connectivity index (χ3n) is 2.61. The molecule has 0 N–H and O–H groups in total. The summed E-state index contributed by atoms with van der Waals surface area (Å²) < 4.78 is 34.2. The molecule has 20 heavy (non-hydrogen) atoms. The van der Waals surface area contributed by atoms with Crippen molar-refractivity contribution in [1.29, 1.82) is 0 Å². The van der Waals surface area contributed by atoms with Crippen LogP contribution in [0.25, 0.3) is 0 Å². The standard InChI is InChI=1S/C12H28O6Si2/c1-8-15-19(13-6,16-9-2)12(5)20(14-7,17-10-3)18-11-4/h5,8-11H2,1-4,6-7H3. The van der Waals surface area contributed by atoms with Crippen molar-refractivity contribution < 1.29 is 26.6 Å². The molecule has 0 bridgehead atoms. The maximum Gasteiger partial charge on any atom is 0.535 e. The average molecular weight is 325 g/mol. The molecule has 0 fully saturated rings. The molecule has 0 heterocycles. The van der Waals surface area contributed by atoms with Gasteiger partial charge in [0.05, 0.1) is 4.82 Å². The third-order valence-corrected chi connectivity index (χ3v) is 9.68. The van der Waals surface area contributed by atoms with E-state index in [2.05, 4.69) is 6.58 Å². The highest BCUT2D eigenvalue weighted by molar-refractivity contribution is 6.91. The van der Waals surface area contributed by atoms with Crippen LogP contribution in [0.4, 0.5) is 0 Å². The molecule has 0 aromatic rings. The zero-order chi connectivity index (χ0) is 15.6. The predicted octanol–water partition coefficient (Wildman–Crippen LogP) is 1.94. The van der Waals surface area contributed by atoms with Gasteiger partial charge in [0, 0.05) is 40.6 Å². The lowest BCUT2D eigenvalue weighted by molar-refractivity contribution is 0.0757. The first-order valence-corrected chi connectivity index (χ1v) is 10.3. The van der Waals surface area contributed by atoms with E-state index in [0.29, 0.717) is 31.2 Å². The van der Waals surface area contributed by atoms with Gasteiger partial charge in [0.1, 0.15) is 0 Å². The summed E-state index contributed by atoms with van der Waals surface area (Å²) in [4.78, 5) is 0.544. The largest absolute Gasteiger partial charge is 0.535 e. The smallest absolute Gasteiger partial charge is 0.374 e. The Hall–Kier alpha value is -0.0662. The van der Waals surface area contributed by atoms with Gasteiger partial charge < -0.3 is 26.6 Å². The molecule has 0 radical (unpaired) electrons. The molecule has 0 spiro atoms. The van der Waals surface area contributed by atoms with Gasteiger partial charge in [-0.25, -0.2) is 0 Å². The summed E-state index contributed by atoms with van der Waals surface area (Å²) in [6, 6.07) is 0. The monoisotopic (exact) mass is 324 g/mol.